The van der Waals surface area contributed by atoms with Crippen LogP contribution in [0.15, 0.2) is 35.4 Å². The fourth-order valence-electron chi connectivity index (χ4n) is 2.32. The van der Waals surface area contributed by atoms with Crippen LogP contribution in [0.1, 0.15) is 27.3 Å². The third-order valence-electron chi connectivity index (χ3n) is 3.50. The van der Waals surface area contributed by atoms with Crippen LogP contribution >= 0.6 is 0 Å². The highest BCUT2D eigenvalue weighted by molar-refractivity contribution is 5.94. The number of nitrogens with one attached hydrogen (secondary N) is 1. The van der Waals surface area contributed by atoms with Gasteiger partial charge in [0.25, 0.3) is 0 Å². The zero-order valence-corrected chi connectivity index (χ0v) is 13.1. The van der Waals surface area contributed by atoms with Gasteiger partial charge in [0.15, 0.2) is 0 Å². The molecule has 1 aromatic heterocycles. The Bertz CT molecular complexity index is 779. The number of rotatable bonds is 5. The predicted octanol–water partition coefficient (Wildman–Crippen LogP) is 3.81. The number of anilines is 1. The molecule has 0 aliphatic heterocycles. The van der Waals surface area contributed by atoms with Crippen molar-refractivity contribution in [2.45, 2.75) is 26.6 Å². The minimum absolute atomic E-state index is 0.0530. The van der Waals surface area contributed by atoms with Gasteiger partial charge in [-0.05, 0) is 32.0 Å². The molecule has 0 bridgehead atoms. The monoisotopic (exact) mass is 339 g/mol. The van der Waals surface area contributed by atoms with E-state index in [9.17, 15) is 18.0 Å². The van der Waals surface area contributed by atoms with E-state index >= 15 is 0 Å². The summed E-state index contributed by atoms with van der Waals surface area (Å²) in [4.78, 5) is 11.1. The van der Waals surface area contributed by atoms with Gasteiger partial charge in [-0.3, -0.25) is 5.43 Å². The zero-order chi connectivity index (χ0) is 17.9. The van der Waals surface area contributed by atoms with Crippen molar-refractivity contribution in [1.29, 1.82) is 0 Å². The molecule has 2 rings (SSSR count). The Morgan fingerprint density at radius 2 is 2.00 bits per heavy atom. The van der Waals surface area contributed by atoms with Crippen LogP contribution in [0.3, 0.4) is 0 Å². The largest absolute Gasteiger partial charge is 0.478 e. The number of nitrogens with zero attached hydrogens (tertiary/aromatic N) is 2. The van der Waals surface area contributed by atoms with Gasteiger partial charge in [-0.1, -0.05) is 12.1 Å². The van der Waals surface area contributed by atoms with Gasteiger partial charge in [0.05, 0.1) is 17.5 Å². The number of carboxylic acid groups (broad SMARTS) is 1. The summed E-state index contributed by atoms with van der Waals surface area (Å²) in [5.74, 6) is -1.10. The third-order valence-corrected chi connectivity index (χ3v) is 3.50. The SMILES string of the molecule is Cc1cc(/C=N/Nc2ccccc2C(=O)O)c(C)n1CC(F)(F)F. The van der Waals surface area contributed by atoms with E-state index in [0.29, 0.717) is 22.6 Å². The van der Waals surface area contributed by atoms with Crippen molar-refractivity contribution in [2.24, 2.45) is 5.10 Å². The number of benzene rings is 1. The minimum Gasteiger partial charge on any atom is -0.478 e. The summed E-state index contributed by atoms with van der Waals surface area (Å²) in [5, 5.41) is 13.0. The van der Waals surface area contributed by atoms with Gasteiger partial charge in [0.1, 0.15) is 6.54 Å². The Balaban J connectivity index is 2.19. The van der Waals surface area contributed by atoms with Crippen LogP contribution in [0.2, 0.25) is 0 Å². The fourth-order valence-corrected chi connectivity index (χ4v) is 2.32. The molecule has 0 spiro atoms. The van der Waals surface area contributed by atoms with Crippen LogP contribution in [-0.4, -0.2) is 28.0 Å². The van der Waals surface area contributed by atoms with E-state index in [4.69, 9.17) is 5.11 Å². The first-order valence-corrected chi connectivity index (χ1v) is 7.04. The number of para-hydroxylation sites is 1. The molecule has 0 saturated carbocycles. The molecule has 8 heteroatoms. The number of alkyl halides is 3. The van der Waals surface area contributed by atoms with Gasteiger partial charge in [-0.2, -0.15) is 18.3 Å². The Labute approximate surface area is 136 Å². The standard InChI is InChI=1S/C16H16F3N3O2/c1-10-7-12(11(2)22(10)9-16(17,18)19)8-20-21-14-6-4-3-5-13(14)15(23)24/h3-8,21H,9H2,1-2H3,(H,23,24)/b20-8+. The minimum atomic E-state index is -4.30. The summed E-state index contributed by atoms with van der Waals surface area (Å²) in [6.45, 7) is 2.10. The van der Waals surface area contributed by atoms with Crippen molar-refractivity contribution < 1.29 is 23.1 Å². The van der Waals surface area contributed by atoms with Crippen molar-refractivity contribution in [3.05, 3.63) is 52.8 Å². The number of carbonyl (C=O) groups is 1. The second-order valence-electron chi connectivity index (χ2n) is 5.25. The van der Waals surface area contributed by atoms with Crippen LogP contribution in [0.25, 0.3) is 0 Å². The maximum atomic E-state index is 12.6. The van der Waals surface area contributed by atoms with Crippen LogP contribution in [0.5, 0.6) is 0 Å². The lowest BCUT2D eigenvalue weighted by Gasteiger charge is -2.12. The van der Waals surface area contributed by atoms with Crippen molar-refractivity contribution in [1.82, 2.24) is 4.57 Å². The van der Waals surface area contributed by atoms with E-state index in [1.54, 1.807) is 38.1 Å². The number of carboxylic acids is 1. The van der Waals surface area contributed by atoms with Crippen molar-refractivity contribution in [2.75, 3.05) is 5.43 Å². The van der Waals surface area contributed by atoms with Gasteiger partial charge >= 0.3 is 12.1 Å². The molecule has 0 saturated heterocycles. The molecule has 2 aromatic rings. The Hall–Kier alpha value is -2.77. The van der Waals surface area contributed by atoms with E-state index in [0.717, 1.165) is 4.57 Å². The zero-order valence-electron chi connectivity index (χ0n) is 13.1. The first-order valence-electron chi connectivity index (χ1n) is 7.04. The molecule has 0 aliphatic carbocycles. The maximum absolute atomic E-state index is 12.6. The number of aromatic carboxylic acids is 1. The highest BCUT2D eigenvalue weighted by Crippen LogP contribution is 2.22. The lowest BCUT2D eigenvalue weighted by atomic mass is 10.2. The smallest absolute Gasteiger partial charge is 0.406 e. The molecule has 1 heterocycles. The second kappa shape index (κ2) is 6.77. The molecule has 128 valence electrons. The van der Waals surface area contributed by atoms with E-state index in [-0.39, 0.29) is 5.56 Å². The molecule has 0 aliphatic rings. The quantitative estimate of drug-likeness (QED) is 0.643. The molecule has 0 unspecified atom stereocenters. The highest BCUT2D eigenvalue weighted by atomic mass is 19.4. The summed E-state index contributed by atoms with van der Waals surface area (Å²) in [6, 6.07) is 7.81. The molecule has 0 fully saturated rings. The van der Waals surface area contributed by atoms with Gasteiger partial charge < -0.3 is 9.67 Å². The Morgan fingerprint density at radius 3 is 2.62 bits per heavy atom. The maximum Gasteiger partial charge on any atom is 0.406 e. The Morgan fingerprint density at radius 1 is 1.33 bits per heavy atom. The first kappa shape index (κ1) is 17.6. The highest BCUT2D eigenvalue weighted by Gasteiger charge is 2.29. The molecule has 24 heavy (non-hydrogen) atoms. The molecular formula is C16H16F3N3O2. The number of aromatic nitrogens is 1. The third kappa shape index (κ3) is 4.15. The topological polar surface area (TPSA) is 66.6 Å². The van der Waals surface area contributed by atoms with Gasteiger partial charge in [-0.25, -0.2) is 4.79 Å². The number of halogens is 3. The summed E-state index contributed by atoms with van der Waals surface area (Å²) in [5.41, 5.74) is 4.38. The normalized spacial score (nSPS) is 11.9. The van der Waals surface area contributed by atoms with Crippen LogP contribution in [0.4, 0.5) is 18.9 Å². The van der Waals surface area contributed by atoms with E-state index in [2.05, 4.69) is 10.5 Å². The number of hydrazone groups is 1. The van der Waals surface area contributed by atoms with E-state index < -0.39 is 18.7 Å². The van der Waals surface area contributed by atoms with Crippen molar-refractivity contribution in [3.8, 4) is 0 Å². The summed E-state index contributed by atoms with van der Waals surface area (Å²) in [6.07, 6.45) is -2.94. The average Bonchev–Trinajstić information content (AvgIpc) is 2.74. The molecule has 1 aromatic carbocycles. The first-order chi connectivity index (χ1) is 11.2. The van der Waals surface area contributed by atoms with Crippen molar-refractivity contribution in [3.63, 3.8) is 0 Å². The summed E-state index contributed by atoms with van der Waals surface area (Å²) < 4.78 is 38.9. The molecule has 0 radical (unpaired) electrons. The van der Waals surface area contributed by atoms with E-state index in [1.165, 1.54) is 12.3 Å². The van der Waals surface area contributed by atoms with Crippen LogP contribution in [0, 0.1) is 13.8 Å². The molecular weight excluding hydrogens is 323 g/mol. The summed E-state index contributed by atoms with van der Waals surface area (Å²) >= 11 is 0. The van der Waals surface area contributed by atoms with Crippen LogP contribution < -0.4 is 5.43 Å². The second-order valence-corrected chi connectivity index (χ2v) is 5.25. The average molecular weight is 339 g/mol. The van der Waals surface area contributed by atoms with Crippen LogP contribution in [-0.2, 0) is 6.54 Å². The molecule has 2 N–H and O–H groups in total. The van der Waals surface area contributed by atoms with Gasteiger partial charge in [0, 0.05) is 17.0 Å². The Kier molecular flexibility index (Phi) is 4.96. The predicted molar refractivity (Wildman–Crippen MR) is 84.6 cm³/mol. The summed E-state index contributed by atoms with van der Waals surface area (Å²) in [7, 11) is 0. The lowest BCUT2D eigenvalue weighted by molar-refractivity contribution is -0.141. The number of hydrogen-bond donors (Lipinski definition) is 2. The molecule has 0 atom stereocenters. The van der Waals surface area contributed by atoms with Gasteiger partial charge in [0.2, 0.25) is 0 Å². The van der Waals surface area contributed by atoms with Crippen molar-refractivity contribution >= 4 is 17.9 Å². The fraction of sp³-hybridized carbons (Fsp3) is 0.250. The molecule has 5 nitrogen and oxygen atoms in total. The lowest BCUT2D eigenvalue weighted by Crippen LogP contribution is -2.19. The van der Waals surface area contributed by atoms with E-state index in [1.807, 2.05) is 0 Å². The molecule has 0 amide bonds. The number of aryl methyl sites for hydroxylation is 1. The van der Waals surface area contributed by atoms with Gasteiger partial charge in [-0.15, -0.1) is 0 Å². The number of hydrogen-bond acceptors (Lipinski definition) is 3.